The maximum atomic E-state index is 13.5. The number of nitrogens with zero attached hydrogens (tertiary/aromatic N) is 4. The Kier molecular flexibility index (Phi) is 6.63. The van der Waals surface area contributed by atoms with E-state index in [4.69, 9.17) is 33.0 Å². The van der Waals surface area contributed by atoms with Gasteiger partial charge in [0.15, 0.2) is 5.82 Å². The summed E-state index contributed by atoms with van der Waals surface area (Å²) in [6.45, 7) is 4.33. The topological polar surface area (TPSA) is 94.0 Å². The highest BCUT2D eigenvalue weighted by atomic mass is 35.5. The fraction of sp³-hybridized carbons (Fsp3) is 0.154. The van der Waals surface area contributed by atoms with Crippen molar-refractivity contribution in [1.82, 2.24) is 19.7 Å². The molecule has 1 atom stereocenters. The second kappa shape index (κ2) is 10.0. The van der Waals surface area contributed by atoms with E-state index in [0.717, 1.165) is 11.3 Å². The van der Waals surface area contributed by atoms with Gasteiger partial charge in [-0.05, 0) is 61.9 Å². The average molecular weight is 521 g/mol. The van der Waals surface area contributed by atoms with Crippen molar-refractivity contribution in [1.29, 1.82) is 0 Å². The summed E-state index contributed by atoms with van der Waals surface area (Å²) in [5.74, 6) is 1.43. The zero-order valence-electron chi connectivity index (χ0n) is 19.5. The first kappa shape index (κ1) is 23.8. The fourth-order valence-electron chi connectivity index (χ4n) is 4.06. The number of anilines is 2. The van der Waals surface area contributed by atoms with Gasteiger partial charge in [0.25, 0.3) is 5.91 Å². The molecule has 8 nitrogen and oxygen atoms in total. The summed E-state index contributed by atoms with van der Waals surface area (Å²) in [6.07, 6.45) is 3.25. The van der Waals surface area contributed by atoms with Crippen LogP contribution in [0.5, 0.6) is 5.75 Å². The first-order chi connectivity index (χ1) is 17.4. The number of fused-ring (bicyclic) bond motifs is 1. The van der Waals surface area contributed by atoms with Gasteiger partial charge in [-0.1, -0.05) is 35.3 Å². The molecule has 0 saturated heterocycles. The van der Waals surface area contributed by atoms with Crippen LogP contribution in [0.2, 0.25) is 10.0 Å². The molecule has 2 aromatic carbocycles. The predicted octanol–water partition coefficient (Wildman–Crippen LogP) is 5.97. The number of pyridine rings is 1. The minimum absolute atomic E-state index is 0.274. The number of rotatable bonds is 6. The van der Waals surface area contributed by atoms with Crippen LogP contribution >= 0.6 is 23.2 Å². The first-order valence-electron chi connectivity index (χ1n) is 11.3. The van der Waals surface area contributed by atoms with Crippen LogP contribution in [0.1, 0.15) is 25.5 Å². The van der Waals surface area contributed by atoms with E-state index in [1.807, 2.05) is 38.1 Å². The molecule has 1 aliphatic heterocycles. The molecule has 182 valence electrons. The molecule has 10 heteroatoms. The summed E-state index contributed by atoms with van der Waals surface area (Å²) in [5.41, 5.74) is 3.31. The highest BCUT2D eigenvalue weighted by molar-refractivity contribution is 6.42. The SMILES string of the molecule is CCOc1ccc(C2C(C(=O)Nc3cccnc3)=C(C)Nc3nc(-c4ccc(Cl)c(Cl)c4)nn32)cc1. The van der Waals surface area contributed by atoms with E-state index in [2.05, 4.69) is 20.6 Å². The molecule has 3 heterocycles. The Bertz CT molecular complexity index is 1450. The third kappa shape index (κ3) is 4.65. The van der Waals surface area contributed by atoms with Crippen molar-refractivity contribution < 1.29 is 9.53 Å². The number of ether oxygens (including phenoxy) is 1. The molecule has 1 unspecified atom stereocenters. The summed E-state index contributed by atoms with van der Waals surface area (Å²) >= 11 is 12.3. The number of hydrogen-bond acceptors (Lipinski definition) is 6. The third-order valence-corrected chi connectivity index (χ3v) is 6.44. The van der Waals surface area contributed by atoms with E-state index in [1.165, 1.54) is 0 Å². The van der Waals surface area contributed by atoms with Crippen molar-refractivity contribution in [2.24, 2.45) is 0 Å². The van der Waals surface area contributed by atoms with E-state index < -0.39 is 6.04 Å². The van der Waals surface area contributed by atoms with Crippen LogP contribution in [0.25, 0.3) is 11.4 Å². The molecule has 0 bridgehead atoms. The molecule has 1 aliphatic rings. The Morgan fingerprint density at radius 2 is 1.94 bits per heavy atom. The number of carbonyl (C=O) groups excluding carboxylic acids is 1. The largest absolute Gasteiger partial charge is 0.494 e. The van der Waals surface area contributed by atoms with Gasteiger partial charge in [0.1, 0.15) is 11.8 Å². The van der Waals surface area contributed by atoms with E-state index >= 15 is 0 Å². The van der Waals surface area contributed by atoms with E-state index in [-0.39, 0.29) is 5.91 Å². The number of halogens is 2. The summed E-state index contributed by atoms with van der Waals surface area (Å²) in [6, 6.07) is 15.8. The molecule has 36 heavy (non-hydrogen) atoms. The minimum atomic E-state index is -0.544. The first-order valence-corrected chi connectivity index (χ1v) is 12.0. The van der Waals surface area contributed by atoms with E-state index in [0.29, 0.717) is 50.9 Å². The van der Waals surface area contributed by atoms with Crippen molar-refractivity contribution >= 4 is 40.7 Å². The lowest BCUT2D eigenvalue weighted by molar-refractivity contribution is -0.113. The monoisotopic (exact) mass is 520 g/mol. The average Bonchev–Trinajstić information content (AvgIpc) is 3.30. The molecule has 0 fully saturated rings. The molecule has 0 radical (unpaired) electrons. The molecular formula is C26H22Cl2N6O2. The summed E-state index contributed by atoms with van der Waals surface area (Å²) in [7, 11) is 0. The summed E-state index contributed by atoms with van der Waals surface area (Å²) in [4.78, 5) is 22.3. The molecule has 1 amide bonds. The Balaban J connectivity index is 1.59. The van der Waals surface area contributed by atoms with Crippen LogP contribution in [0.3, 0.4) is 0 Å². The molecule has 4 aromatic rings. The van der Waals surface area contributed by atoms with Gasteiger partial charge in [0, 0.05) is 17.5 Å². The molecule has 5 rings (SSSR count). The molecule has 2 aromatic heterocycles. The number of carbonyl (C=O) groups is 1. The Morgan fingerprint density at radius 1 is 1.14 bits per heavy atom. The van der Waals surface area contributed by atoms with Gasteiger partial charge in [-0.15, -0.1) is 5.10 Å². The normalized spacial score (nSPS) is 14.7. The highest BCUT2D eigenvalue weighted by Crippen LogP contribution is 2.38. The van der Waals surface area contributed by atoms with Crippen molar-refractivity contribution in [3.63, 3.8) is 0 Å². The Morgan fingerprint density at radius 3 is 2.64 bits per heavy atom. The van der Waals surface area contributed by atoms with Crippen molar-refractivity contribution in [3.05, 3.63) is 93.9 Å². The van der Waals surface area contributed by atoms with Gasteiger partial charge >= 0.3 is 0 Å². The number of benzene rings is 2. The van der Waals surface area contributed by atoms with Gasteiger partial charge in [0.05, 0.1) is 34.1 Å². The van der Waals surface area contributed by atoms with Gasteiger partial charge in [-0.3, -0.25) is 9.78 Å². The van der Waals surface area contributed by atoms with Crippen molar-refractivity contribution in [3.8, 4) is 17.1 Å². The van der Waals surface area contributed by atoms with Gasteiger partial charge in [-0.25, -0.2) is 4.68 Å². The van der Waals surface area contributed by atoms with Gasteiger partial charge in [0.2, 0.25) is 5.95 Å². The smallest absolute Gasteiger partial charge is 0.255 e. The minimum Gasteiger partial charge on any atom is -0.494 e. The van der Waals surface area contributed by atoms with Gasteiger partial charge in [-0.2, -0.15) is 4.98 Å². The quantitative estimate of drug-likeness (QED) is 0.325. The molecule has 0 spiro atoms. The lowest BCUT2D eigenvalue weighted by atomic mass is 9.95. The number of aromatic nitrogens is 4. The highest BCUT2D eigenvalue weighted by Gasteiger charge is 2.34. The number of nitrogens with one attached hydrogen (secondary N) is 2. The maximum Gasteiger partial charge on any atom is 0.255 e. The lowest BCUT2D eigenvalue weighted by Gasteiger charge is -2.28. The van der Waals surface area contributed by atoms with Crippen LogP contribution in [-0.4, -0.2) is 32.3 Å². The Labute approximate surface area is 217 Å². The van der Waals surface area contributed by atoms with Gasteiger partial charge < -0.3 is 15.4 Å². The fourth-order valence-corrected chi connectivity index (χ4v) is 4.36. The summed E-state index contributed by atoms with van der Waals surface area (Å²) < 4.78 is 7.31. The molecule has 0 saturated carbocycles. The molecule has 0 aliphatic carbocycles. The molecule has 2 N–H and O–H groups in total. The van der Waals surface area contributed by atoms with Crippen LogP contribution in [-0.2, 0) is 4.79 Å². The number of hydrogen-bond donors (Lipinski definition) is 2. The third-order valence-electron chi connectivity index (χ3n) is 5.70. The maximum absolute atomic E-state index is 13.5. The standard InChI is InChI=1S/C26H22Cl2N6O2/c1-3-36-19-9-6-16(7-10-19)23-22(25(35)31-18-5-4-12-29-14-18)15(2)30-26-32-24(33-34(23)26)17-8-11-20(27)21(28)13-17/h4-14,23H,3H2,1-2H3,(H,31,35)(H,30,32,33). The molecular weight excluding hydrogens is 499 g/mol. The second-order valence-electron chi connectivity index (χ2n) is 8.10. The van der Waals surface area contributed by atoms with Crippen LogP contribution in [0.15, 0.2) is 78.3 Å². The predicted molar refractivity (Wildman–Crippen MR) is 140 cm³/mol. The number of allylic oxidation sites excluding steroid dienone is 1. The van der Waals surface area contributed by atoms with Crippen LogP contribution in [0, 0.1) is 0 Å². The lowest BCUT2D eigenvalue weighted by Crippen LogP contribution is -2.31. The van der Waals surface area contributed by atoms with E-state index in [1.54, 1.807) is 47.4 Å². The summed E-state index contributed by atoms with van der Waals surface area (Å²) in [5, 5.41) is 11.8. The van der Waals surface area contributed by atoms with E-state index in [9.17, 15) is 4.79 Å². The zero-order valence-corrected chi connectivity index (χ0v) is 21.0. The number of amides is 1. The Hall–Kier alpha value is -3.88. The van der Waals surface area contributed by atoms with Crippen LogP contribution in [0.4, 0.5) is 11.6 Å². The van der Waals surface area contributed by atoms with Crippen LogP contribution < -0.4 is 15.4 Å². The zero-order chi connectivity index (χ0) is 25.2. The second-order valence-corrected chi connectivity index (χ2v) is 8.91. The van der Waals surface area contributed by atoms with Crippen molar-refractivity contribution in [2.45, 2.75) is 19.9 Å². The van der Waals surface area contributed by atoms with Crippen molar-refractivity contribution in [2.75, 3.05) is 17.2 Å².